The molecule has 1 fully saturated rings. The third-order valence-corrected chi connectivity index (χ3v) is 4.22. The molecule has 1 atom stereocenters. The van der Waals surface area contributed by atoms with Crippen molar-refractivity contribution in [2.75, 3.05) is 17.7 Å². The van der Waals surface area contributed by atoms with Crippen molar-refractivity contribution in [2.45, 2.75) is 51.6 Å². The number of urea groups is 1. The minimum absolute atomic E-state index is 0.150. The Morgan fingerprint density at radius 1 is 1.19 bits per heavy atom. The summed E-state index contributed by atoms with van der Waals surface area (Å²) in [6.07, 6.45) is 4.12. The highest BCUT2D eigenvalue weighted by atomic mass is 16.5. The second kappa shape index (κ2) is 9.07. The lowest BCUT2D eigenvalue weighted by Crippen LogP contribution is -2.48. The number of ether oxygens (including phenoxy) is 1. The standard InChI is InChI=1S/C18H26N4O4/c1-11(17(24)22-18(25)21-13-6-4-5-7-13)19-14-8-9-15(20-12(2)23)16(10-14)26-3/h8-11,13,19H,4-7H2,1-3H3,(H,20,23)(H2,21,22,24,25)/t11-/m0/s1. The Kier molecular flexibility index (Phi) is 6.82. The molecule has 0 spiro atoms. The topological polar surface area (TPSA) is 109 Å². The highest BCUT2D eigenvalue weighted by molar-refractivity contribution is 5.98. The van der Waals surface area contributed by atoms with Gasteiger partial charge in [0.2, 0.25) is 11.8 Å². The van der Waals surface area contributed by atoms with Crippen LogP contribution in [0.25, 0.3) is 0 Å². The third-order valence-electron chi connectivity index (χ3n) is 4.22. The van der Waals surface area contributed by atoms with Crippen LogP contribution in [0.15, 0.2) is 18.2 Å². The summed E-state index contributed by atoms with van der Waals surface area (Å²) in [5.74, 6) is -0.160. The highest BCUT2D eigenvalue weighted by Gasteiger charge is 2.20. The average Bonchev–Trinajstić information content (AvgIpc) is 3.08. The highest BCUT2D eigenvalue weighted by Crippen LogP contribution is 2.28. The summed E-state index contributed by atoms with van der Waals surface area (Å²) >= 11 is 0. The van der Waals surface area contributed by atoms with Crippen LogP contribution in [0.3, 0.4) is 0 Å². The van der Waals surface area contributed by atoms with Crippen LogP contribution in [-0.2, 0) is 9.59 Å². The van der Waals surface area contributed by atoms with Crippen LogP contribution in [-0.4, -0.2) is 37.0 Å². The van der Waals surface area contributed by atoms with Gasteiger partial charge >= 0.3 is 6.03 Å². The maximum atomic E-state index is 12.2. The molecule has 1 aliphatic rings. The summed E-state index contributed by atoms with van der Waals surface area (Å²) < 4.78 is 5.25. The van der Waals surface area contributed by atoms with Crippen molar-refractivity contribution in [1.29, 1.82) is 0 Å². The van der Waals surface area contributed by atoms with Gasteiger partial charge in [0.1, 0.15) is 11.8 Å². The molecule has 0 aromatic heterocycles. The Morgan fingerprint density at radius 3 is 2.50 bits per heavy atom. The van der Waals surface area contributed by atoms with E-state index in [1.165, 1.54) is 14.0 Å². The molecule has 0 heterocycles. The first-order valence-corrected chi connectivity index (χ1v) is 8.72. The molecular formula is C18H26N4O4. The summed E-state index contributed by atoms with van der Waals surface area (Å²) in [6, 6.07) is 4.13. The molecule has 1 aliphatic carbocycles. The van der Waals surface area contributed by atoms with Crippen LogP contribution in [0.4, 0.5) is 16.2 Å². The fraction of sp³-hybridized carbons (Fsp3) is 0.500. The van der Waals surface area contributed by atoms with E-state index >= 15 is 0 Å². The van der Waals surface area contributed by atoms with Crippen molar-refractivity contribution < 1.29 is 19.1 Å². The van der Waals surface area contributed by atoms with E-state index in [-0.39, 0.29) is 11.9 Å². The molecule has 4 N–H and O–H groups in total. The maximum absolute atomic E-state index is 12.2. The monoisotopic (exact) mass is 362 g/mol. The van der Waals surface area contributed by atoms with Crippen molar-refractivity contribution in [3.8, 4) is 5.75 Å². The number of imide groups is 1. The number of anilines is 2. The number of carbonyl (C=O) groups is 3. The first-order chi connectivity index (χ1) is 12.4. The Hall–Kier alpha value is -2.77. The van der Waals surface area contributed by atoms with Gasteiger partial charge in [-0.05, 0) is 31.9 Å². The predicted octanol–water partition coefficient (Wildman–Crippen LogP) is 2.22. The van der Waals surface area contributed by atoms with Gasteiger partial charge in [-0.15, -0.1) is 0 Å². The molecule has 0 unspecified atom stereocenters. The number of benzene rings is 1. The number of nitrogens with one attached hydrogen (secondary N) is 4. The fourth-order valence-corrected chi connectivity index (χ4v) is 2.90. The molecule has 26 heavy (non-hydrogen) atoms. The normalized spacial score (nSPS) is 15.0. The van der Waals surface area contributed by atoms with E-state index in [4.69, 9.17) is 4.74 Å². The molecule has 4 amide bonds. The van der Waals surface area contributed by atoms with Gasteiger partial charge in [-0.2, -0.15) is 0 Å². The summed E-state index contributed by atoms with van der Waals surface area (Å²) in [5, 5.41) is 10.8. The molecule has 142 valence electrons. The Labute approximate surface area is 153 Å². The first-order valence-electron chi connectivity index (χ1n) is 8.72. The minimum atomic E-state index is -0.624. The number of methoxy groups -OCH3 is 1. The smallest absolute Gasteiger partial charge is 0.321 e. The van der Waals surface area contributed by atoms with Gasteiger partial charge < -0.3 is 20.7 Å². The zero-order valence-electron chi connectivity index (χ0n) is 15.3. The first kappa shape index (κ1) is 19.6. The number of hydrogen-bond acceptors (Lipinski definition) is 5. The van der Waals surface area contributed by atoms with Crippen molar-refractivity contribution >= 4 is 29.2 Å². The summed E-state index contributed by atoms with van der Waals surface area (Å²) in [7, 11) is 1.49. The third kappa shape index (κ3) is 5.65. The van der Waals surface area contributed by atoms with E-state index < -0.39 is 18.0 Å². The van der Waals surface area contributed by atoms with Crippen LogP contribution in [0, 0.1) is 0 Å². The zero-order chi connectivity index (χ0) is 19.1. The Balaban J connectivity index is 1.91. The average molecular weight is 362 g/mol. The van der Waals surface area contributed by atoms with E-state index in [1.807, 2.05) is 0 Å². The van der Waals surface area contributed by atoms with Gasteiger partial charge in [-0.3, -0.25) is 14.9 Å². The van der Waals surface area contributed by atoms with E-state index in [1.54, 1.807) is 25.1 Å². The zero-order valence-corrected chi connectivity index (χ0v) is 15.3. The van der Waals surface area contributed by atoms with Crippen LogP contribution in [0.5, 0.6) is 5.75 Å². The van der Waals surface area contributed by atoms with Gasteiger partial charge in [-0.25, -0.2) is 4.79 Å². The predicted molar refractivity (Wildman–Crippen MR) is 99.3 cm³/mol. The van der Waals surface area contributed by atoms with Crippen molar-refractivity contribution in [2.24, 2.45) is 0 Å². The van der Waals surface area contributed by atoms with Crippen molar-refractivity contribution in [3.63, 3.8) is 0 Å². The molecule has 0 aliphatic heterocycles. The molecule has 8 nitrogen and oxygen atoms in total. The Bertz CT molecular complexity index is 671. The van der Waals surface area contributed by atoms with Crippen LogP contribution < -0.4 is 26.0 Å². The molecular weight excluding hydrogens is 336 g/mol. The lowest BCUT2D eigenvalue weighted by Gasteiger charge is -2.18. The number of hydrogen-bond donors (Lipinski definition) is 4. The summed E-state index contributed by atoms with van der Waals surface area (Å²) in [4.78, 5) is 35.2. The SMILES string of the molecule is COc1cc(N[C@@H](C)C(=O)NC(=O)NC2CCCC2)ccc1NC(C)=O. The van der Waals surface area contributed by atoms with E-state index in [2.05, 4.69) is 21.3 Å². The van der Waals surface area contributed by atoms with E-state index in [0.717, 1.165) is 25.7 Å². The lowest BCUT2D eigenvalue weighted by atomic mass is 10.2. The number of rotatable bonds is 6. The molecule has 2 rings (SSSR count). The van der Waals surface area contributed by atoms with Crippen molar-refractivity contribution in [3.05, 3.63) is 18.2 Å². The second-order valence-electron chi connectivity index (χ2n) is 6.41. The molecule has 1 saturated carbocycles. The molecule has 1 aromatic carbocycles. The second-order valence-corrected chi connectivity index (χ2v) is 6.41. The molecule has 0 radical (unpaired) electrons. The molecule has 0 saturated heterocycles. The van der Waals surface area contributed by atoms with Gasteiger partial charge in [0, 0.05) is 24.7 Å². The van der Waals surface area contributed by atoms with E-state index in [9.17, 15) is 14.4 Å². The Morgan fingerprint density at radius 2 is 1.88 bits per heavy atom. The van der Waals surface area contributed by atoms with Gasteiger partial charge in [0.05, 0.1) is 12.8 Å². The van der Waals surface area contributed by atoms with Crippen molar-refractivity contribution in [1.82, 2.24) is 10.6 Å². The lowest BCUT2D eigenvalue weighted by molar-refractivity contribution is -0.120. The molecule has 8 heteroatoms. The van der Waals surface area contributed by atoms with Gasteiger partial charge in [0.25, 0.3) is 0 Å². The van der Waals surface area contributed by atoms with Crippen LogP contribution in [0.2, 0.25) is 0 Å². The van der Waals surface area contributed by atoms with Gasteiger partial charge in [0.15, 0.2) is 0 Å². The quantitative estimate of drug-likeness (QED) is 0.620. The summed E-state index contributed by atoms with van der Waals surface area (Å²) in [5.41, 5.74) is 1.17. The van der Waals surface area contributed by atoms with Crippen LogP contribution in [0.1, 0.15) is 39.5 Å². The maximum Gasteiger partial charge on any atom is 0.321 e. The summed E-state index contributed by atoms with van der Waals surface area (Å²) in [6.45, 7) is 3.07. The molecule has 0 bridgehead atoms. The number of carbonyl (C=O) groups excluding carboxylic acids is 3. The fourth-order valence-electron chi connectivity index (χ4n) is 2.90. The number of amides is 4. The largest absolute Gasteiger partial charge is 0.494 e. The van der Waals surface area contributed by atoms with E-state index in [0.29, 0.717) is 17.1 Å². The molecule has 1 aromatic rings. The van der Waals surface area contributed by atoms with Gasteiger partial charge in [-0.1, -0.05) is 12.8 Å². The minimum Gasteiger partial charge on any atom is -0.494 e. The van der Waals surface area contributed by atoms with Crippen LogP contribution >= 0.6 is 0 Å².